The van der Waals surface area contributed by atoms with Gasteiger partial charge >= 0.3 is 0 Å². The maximum Gasteiger partial charge on any atom is 0.290 e. The molecule has 2 amide bonds. The summed E-state index contributed by atoms with van der Waals surface area (Å²) in [4.78, 5) is 31.7. The van der Waals surface area contributed by atoms with Gasteiger partial charge in [0.1, 0.15) is 11.5 Å². The van der Waals surface area contributed by atoms with E-state index >= 15 is 0 Å². The molecule has 0 unspecified atom stereocenters. The van der Waals surface area contributed by atoms with Gasteiger partial charge in [0, 0.05) is 67.2 Å². The van der Waals surface area contributed by atoms with Gasteiger partial charge in [0.2, 0.25) is 5.76 Å². The molecular weight excluding hydrogens is 501 g/mol. The predicted molar refractivity (Wildman–Crippen MR) is 144 cm³/mol. The van der Waals surface area contributed by atoms with Gasteiger partial charge in [-0.2, -0.15) is 0 Å². The Morgan fingerprint density at radius 3 is 2.79 bits per heavy atom. The van der Waals surface area contributed by atoms with Gasteiger partial charge in [0.25, 0.3) is 11.8 Å². The van der Waals surface area contributed by atoms with Crippen molar-refractivity contribution in [1.29, 1.82) is 0 Å². The number of aromatic nitrogens is 2. The third kappa shape index (κ3) is 6.47. The quantitative estimate of drug-likeness (QED) is 0.360. The first-order valence-electron chi connectivity index (χ1n) is 12.7. The highest BCUT2D eigenvalue weighted by molar-refractivity contribution is 6.05. The zero-order chi connectivity index (χ0) is 27.2. The number of benzene rings is 2. The van der Waals surface area contributed by atoms with E-state index in [1.165, 1.54) is 12.1 Å². The highest BCUT2D eigenvalue weighted by atomic mass is 19.1. The van der Waals surface area contributed by atoms with Crippen molar-refractivity contribution in [2.45, 2.75) is 19.9 Å². The second-order valence-corrected chi connectivity index (χ2v) is 9.26. The Bertz CT molecular complexity index is 1470. The Morgan fingerprint density at radius 1 is 1.05 bits per heavy atom. The lowest BCUT2D eigenvalue weighted by Crippen LogP contribution is -2.26. The molecule has 1 saturated heterocycles. The Kier molecular flexibility index (Phi) is 7.93. The number of aryl methyl sites for hydroxylation is 1. The highest BCUT2D eigenvalue weighted by Gasteiger charge is 2.18. The summed E-state index contributed by atoms with van der Waals surface area (Å²) in [5.74, 6) is -1.26. The van der Waals surface area contributed by atoms with Gasteiger partial charge < -0.3 is 24.8 Å². The van der Waals surface area contributed by atoms with Gasteiger partial charge in [-0.1, -0.05) is 17.3 Å². The fraction of sp³-hybridized carbons (Fsp3) is 0.241. The molecule has 4 aromatic rings. The maximum atomic E-state index is 14.4. The average Bonchev–Trinajstić information content (AvgIpc) is 3.28. The molecule has 9 nitrogen and oxygen atoms in total. The molecule has 0 bridgehead atoms. The van der Waals surface area contributed by atoms with E-state index < -0.39 is 17.6 Å². The van der Waals surface area contributed by atoms with Crippen LogP contribution in [-0.4, -0.2) is 48.3 Å². The number of nitrogens with one attached hydrogen (secondary N) is 2. The number of hydrogen-bond acceptors (Lipinski definition) is 7. The van der Waals surface area contributed by atoms with Gasteiger partial charge in [-0.05, 0) is 60.9 Å². The van der Waals surface area contributed by atoms with Gasteiger partial charge in [-0.15, -0.1) is 0 Å². The van der Waals surface area contributed by atoms with E-state index in [1.807, 2.05) is 24.0 Å². The average molecular weight is 530 g/mol. The summed E-state index contributed by atoms with van der Waals surface area (Å²) in [5.41, 5.74) is 4.23. The van der Waals surface area contributed by atoms with E-state index in [0.717, 1.165) is 24.1 Å². The van der Waals surface area contributed by atoms with Gasteiger partial charge in [0.05, 0.1) is 6.61 Å². The van der Waals surface area contributed by atoms with Crippen molar-refractivity contribution in [1.82, 2.24) is 15.5 Å². The number of nitrogens with zero attached hydrogens (tertiary/aromatic N) is 3. The lowest BCUT2D eigenvalue weighted by Gasteiger charge is -2.22. The Labute approximate surface area is 225 Å². The summed E-state index contributed by atoms with van der Waals surface area (Å²) in [5, 5.41) is 9.67. The van der Waals surface area contributed by atoms with Crippen LogP contribution in [-0.2, 0) is 11.3 Å². The van der Waals surface area contributed by atoms with Crippen LogP contribution in [0, 0.1) is 12.7 Å². The summed E-state index contributed by atoms with van der Waals surface area (Å²) >= 11 is 0. The van der Waals surface area contributed by atoms with Gasteiger partial charge in [-0.25, -0.2) is 4.39 Å². The SMILES string of the molecule is Cc1ccc(NC(=O)c2cc(F)cc(N3CCCOCC3)c2)cc1-c1cc(C(=O)NCc2cccnc2)on1. The molecule has 0 aliphatic carbocycles. The van der Waals surface area contributed by atoms with Crippen molar-refractivity contribution < 1.29 is 23.2 Å². The normalized spacial score (nSPS) is 13.5. The van der Waals surface area contributed by atoms with E-state index in [4.69, 9.17) is 9.26 Å². The van der Waals surface area contributed by atoms with E-state index in [-0.39, 0.29) is 11.3 Å². The van der Waals surface area contributed by atoms with Gasteiger partial charge in [-0.3, -0.25) is 14.6 Å². The largest absolute Gasteiger partial charge is 0.380 e. The van der Waals surface area contributed by atoms with Crippen molar-refractivity contribution in [3.8, 4) is 11.3 Å². The van der Waals surface area contributed by atoms with Crippen molar-refractivity contribution >= 4 is 23.2 Å². The molecule has 1 fully saturated rings. The topological polar surface area (TPSA) is 110 Å². The third-order valence-electron chi connectivity index (χ3n) is 6.41. The molecule has 2 aromatic carbocycles. The maximum absolute atomic E-state index is 14.4. The Hall–Kier alpha value is -4.57. The third-order valence-corrected chi connectivity index (χ3v) is 6.41. The Morgan fingerprint density at radius 2 is 1.95 bits per heavy atom. The second kappa shape index (κ2) is 11.9. The molecule has 0 radical (unpaired) electrons. The van der Waals surface area contributed by atoms with Crippen LogP contribution in [0.1, 0.15) is 38.5 Å². The molecule has 1 aliphatic rings. The molecule has 5 rings (SSSR count). The van der Waals surface area contributed by atoms with Crippen LogP contribution in [0.5, 0.6) is 0 Å². The fourth-order valence-electron chi connectivity index (χ4n) is 4.35. The number of carbonyl (C=O) groups excluding carboxylic acids is 2. The molecule has 1 aliphatic heterocycles. The van der Waals surface area contributed by atoms with E-state index in [2.05, 4.69) is 20.8 Å². The van der Waals surface area contributed by atoms with Crippen molar-refractivity contribution in [2.24, 2.45) is 0 Å². The first kappa shape index (κ1) is 26.1. The first-order chi connectivity index (χ1) is 19.0. The van der Waals surface area contributed by atoms with Crippen LogP contribution in [0.3, 0.4) is 0 Å². The molecule has 10 heteroatoms. The number of pyridine rings is 1. The number of hydrogen-bond donors (Lipinski definition) is 2. The van der Waals surface area contributed by atoms with Crippen LogP contribution in [0.25, 0.3) is 11.3 Å². The lowest BCUT2D eigenvalue weighted by molar-refractivity contribution is 0.0913. The lowest BCUT2D eigenvalue weighted by atomic mass is 10.0. The molecule has 39 heavy (non-hydrogen) atoms. The summed E-state index contributed by atoms with van der Waals surface area (Å²) in [7, 11) is 0. The zero-order valence-electron chi connectivity index (χ0n) is 21.4. The van der Waals surface area contributed by atoms with Crippen molar-refractivity contribution in [3.63, 3.8) is 0 Å². The Balaban J connectivity index is 1.29. The summed E-state index contributed by atoms with van der Waals surface area (Å²) < 4.78 is 25.2. The number of rotatable bonds is 7. The van der Waals surface area contributed by atoms with Crippen molar-refractivity contribution in [3.05, 3.63) is 95.3 Å². The fourth-order valence-corrected chi connectivity index (χ4v) is 4.35. The molecule has 3 heterocycles. The van der Waals surface area contributed by atoms with Crippen LogP contribution < -0.4 is 15.5 Å². The molecule has 0 atom stereocenters. The summed E-state index contributed by atoms with van der Waals surface area (Å²) in [6, 6.07) is 14.9. The molecule has 2 aromatic heterocycles. The number of carbonyl (C=O) groups is 2. The predicted octanol–water partition coefficient (Wildman–Crippen LogP) is 4.59. The van der Waals surface area contributed by atoms with Crippen LogP contribution >= 0.6 is 0 Å². The molecule has 2 N–H and O–H groups in total. The van der Waals surface area contributed by atoms with Crippen molar-refractivity contribution in [2.75, 3.05) is 36.5 Å². The summed E-state index contributed by atoms with van der Waals surface area (Å²) in [6.45, 7) is 4.77. The standard InChI is InChI=1S/C29H28FN5O4/c1-19-5-6-23(33-28(36)21-12-22(30)14-24(13-21)35-8-3-10-38-11-9-35)15-25(19)26-16-27(39-34-26)29(37)32-18-20-4-2-7-31-17-20/h2,4-7,12-17H,3,8-11,18H2,1H3,(H,32,37)(H,33,36). The number of halogens is 1. The number of amides is 2. The highest BCUT2D eigenvalue weighted by Crippen LogP contribution is 2.27. The second-order valence-electron chi connectivity index (χ2n) is 9.26. The minimum atomic E-state index is -0.482. The monoisotopic (exact) mass is 529 g/mol. The van der Waals surface area contributed by atoms with E-state index in [9.17, 15) is 14.0 Å². The van der Waals surface area contributed by atoms with E-state index in [0.29, 0.717) is 48.9 Å². The molecular formula is C29H28FN5O4. The minimum Gasteiger partial charge on any atom is -0.380 e. The summed E-state index contributed by atoms with van der Waals surface area (Å²) in [6.07, 6.45) is 4.17. The van der Waals surface area contributed by atoms with Crippen LogP contribution in [0.4, 0.5) is 15.8 Å². The molecule has 0 saturated carbocycles. The molecule has 200 valence electrons. The van der Waals surface area contributed by atoms with E-state index in [1.54, 1.807) is 42.7 Å². The first-order valence-corrected chi connectivity index (χ1v) is 12.7. The van der Waals surface area contributed by atoms with Gasteiger partial charge in [0.15, 0.2) is 0 Å². The number of anilines is 2. The molecule has 0 spiro atoms. The minimum absolute atomic E-state index is 0.0638. The number of ether oxygens (including phenoxy) is 1. The zero-order valence-corrected chi connectivity index (χ0v) is 21.4. The van der Waals surface area contributed by atoms with Crippen LogP contribution in [0.15, 0.2) is 71.5 Å². The smallest absolute Gasteiger partial charge is 0.290 e. The van der Waals surface area contributed by atoms with Crippen LogP contribution in [0.2, 0.25) is 0 Å².